The van der Waals surface area contributed by atoms with E-state index in [-0.39, 0.29) is 17.8 Å². The molecule has 0 amide bonds. The summed E-state index contributed by atoms with van der Waals surface area (Å²) in [6.07, 6.45) is 0.428. The first-order chi connectivity index (χ1) is 12.3. The van der Waals surface area contributed by atoms with Crippen molar-refractivity contribution >= 4 is 33.7 Å². The Hall–Kier alpha value is -2.59. The Morgan fingerprint density at radius 2 is 2.27 bits per heavy atom. The SMILES string of the molecule is Cc1nc(N)nc2c1C(NOCC(=O)O)=NC(c1ccc(F)cc1Br)C2. The first kappa shape index (κ1) is 18.2. The number of nitrogens with two attached hydrogens (primary N) is 1. The van der Waals surface area contributed by atoms with E-state index in [0.717, 1.165) is 5.56 Å². The molecule has 4 N–H and O–H groups in total. The van der Waals surface area contributed by atoms with Crippen LogP contribution in [0.25, 0.3) is 0 Å². The predicted molar refractivity (Wildman–Crippen MR) is 95.0 cm³/mol. The molecule has 1 aliphatic heterocycles. The molecule has 0 saturated heterocycles. The van der Waals surface area contributed by atoms with Crippen LogP contribution in [0.1, 0.15) is 28.6 Å². The molecule has 0 saturated carbocycles. The van der Waals surface area contributed by atoms with Crippen molar-refractivity contribution in [2.75, 3.05) is 12.3 Å². The fourth-order valence-electron chi connectivity index (χ4n) is 2.76. The Bertz CT molecular complexity index is 906. The number of aromatic nitrogens is 2. The van der Waals surface area contributed by atoms with Crippen LogP contribution in [0.5, 0.6) is 0 Å². The summed E-state index contributed by atoms with van der Waals surface area (Å²) >= 11 is 3.35. The highest BCUT2D eigenvalue weighted by Crippen LogP contribution is 2.34. The van der Waals surface area contributed by atoms with E-state index < -0.39 is 12.6 Å². The van der Waals surface area contributed by atoms with Crippen LogP contribution in [-0.2, 0) is 16.1 Å². The fourth-order valence-corrected chi connectivity index (χ4v) is 3.37. The normalized spacial score (nSPS) is 16.0. The number of halogens is 2. The Labute approximate surface area is 156 Å². The van der Waals surface area contributed by atoms with Gasteiger partial charge in [-0.15, -0.1) is 0 Å². The first-order valence-corrected chi connectivity index (χ1v) is 8.40. The van der Waals surface area contributed by atoms with E-state index in [1.165, 1.54) is 12.1 Å². The van der Waals surface area contributed by atoms with Crippen LogP contribution in [0.4, 0.5) is 10.3 Å². The minimum atomic E-state index is -1.13. The highest BCUT2D eigenvalue weighted by atomic mass is 79.9. The molecule has 0 bridgehead atoms. The van der Waals surface area contributed by atoms with E-state index in [1.807, 2.05) is 0 Å². The molecule has 1 aromatic heterocycles. The Balaban J connectivity index is 2.01. The number of carbonyl (C=O) groups is 1. The second-order valence-electron chi connectivity index (χ2n) is 5.64. The van der Waals surface area contributed by atoms with Crippen LogP contribution in [0.2, 0.25) is 0 Å². The van der Waals surface area contributed by atoms with Crippen LogP contribution >= 0.6 is 15.9 Å². The lowest BCUT2D eigenvalue weighted by molar-refractivity contribution is -0.143. The lowest BCUT2D eigenvalue weighted by atomic mass is 9.95. The lowest BCUT2D eigenvalue weighted by Crippen LogP contribution is -2.33. The minimum Gasteiger partial charge on any atom is -0.479 e. The van der Waals surface area contributed by atoms with Gasteiger partial charge in [0.2, 0.25) is 5.95 Å². The van der Waals surface area contributed by atoms with E-state index in [0.29, 0.717) is 33.7 Å². The standard InChI is InChI=1S/C16H15BrFN5O3/c1-7-14-12(22-16(19)20-7)5-11(9-3-2-8(18)4-10(9)17)21-15(14)23-26-6-13(24)25/h2-4,11H,5-6H2,1H3,(H,21,23)(H,24,25)(H2,19,20,22). The average molecular weight is 424 g/mol. The molecule has 26 heavy (non-hydrogen) atoms. The maximum absolute atomic E-state index is 13.4. The molecule has 8 nitrogen and oxygen atoms in total. The topological polar surface area (TPSA) is 123 Å². The summed E-state index contributed by atoms with van der Waals surface area (Å²) in [5.74, 6) is -1.07. The average Bonchev–Trinajstić information content (AvgIpc) is 2.53. The molecule has 1 aliphatic rings. The molecule has 136 valence electrons. The number of hydrogen-bond donors (Lipinski definition) is 3. The highest BCUT2D eigenvalue weighted by molar-refractivity contribution is 9.10. The van der Waals surface area contributed by atoms with Crippen molar-refractivity contribution in [3.8, 4) is 0 Å². The van der Waals surface area contributed by atoms with Gasteiger partial charge in [-0.25, -0.2) is 24.6 Å². The van der Waals surface area contributed by atoms with Gasteiger partial charge in [0, 0.05) is 10.9 Å². The zero-order valence-electron chi connectivity index (χ0n) is 13.7. The second-order valence-corrected chi connectivity index (χ2v) is 6.49. The van der Waals surface area contributed by atoms with Gasteiger partial charge in [0.25, 0.3) is 0 Å². The summed E-state index contributed by atoms with van der Waals surface area (Å²) in [4.78, 5) is 28.6. The monoisotopic (exact) mass is 423 g/mol. The summed E-state index contributed by atoms with van der Waals surface area (Å²) in [6.45, 7) is 1.20. The van der Waals surface area contributed by atoms with Gasteiger partial charge < -0.3 is 10.8 Å². The number of nitrogens with one attached hydrogen (secondary N) is 1. The third-order valence-electron chi connectivity index (χ3n) is 3.78. The largest absolute Gasteiger partial charge is 0.479 e. The maximum atomic E-state index is 13.4. The molecule has 1 atom stereocenters. The van der Waals surface area contributed by atoms with E-state index in [4.69, 9.17) is 15.7 Å². The molecule has 0 radical (unpaired) electrons. The van der Waals surface area contributed by atoms with Crippen molar-refractivity contribution < 1.29 is 19.1 Å². The van der Waals surface area contributed by atoms with E-state index in [9.17, 15) is 9.18 Å². The summed E-state index contributed by atoms with van der Waals surface area (Å²) in [5.41, 5.74) is 10.9. The number of aliphatic imine (C=N–C) groups is 1. The first-order valence-electron chi connectivity index (χ1n) is 7.61. The van der Waals surface area contributed by atoms with Gasteiger partial charge in [-0.05, 0) is 24.6 Å². The quantitative estimate of drug-likeness (QED) is 0.641. The number of hydroxylamine groups is 1. The maximum Gasteiger partial charge on any atom is 0.332 e. The number of aryl methyl sites for hydroxylation is 1. The highest BCUT2D eigenvalue weighted by Gasteiger charge is 2.27. The van der Waals surface area contributed by atoms with Gasteiger partial charge >= 0.3 is 5.97 Å². The summed E-state index contributed by atoms with van der Waals surface area (Å²) in [7, 11) is 0. The third-order valence-corrected chi connectivity index (χ3v) is 4.46. The number of hydrogen-bond acceptors (Lipinski definition) is 7. The minimum absolute atomic E-state index is 0.130. The van der Waals surface area contributed by atoms with Crippen LogP contribution in [-0.4, -0.2) is 33.5 Å². The van der Waals surface area contributed by atoms with Gasteiger partial charge in [0.15, 0.2) is 12.4 Å². The molecule has 0 aliphatic carbocycles. The van der Waals surface area contributed by atoms with Crippen LogP contribution in [0, 0.1) is 12.7 Å². The zero-order valence-corrected chi connectivity index (χ0v) is 15.2. The van der Waals surface area contributed by atoms with Gasteiger partial charge in [-0.2, -0.15) is 0 Å². The summed E-state index contributed by atoms with van der Waals surface area (Å²) in [5, 5.41) is 8.73. The van der Waals surface area contributed by atoms with Crippen LogP contribution < -0.4 is 11.2 Å². The molecule has 3 rings (SSSR count). The second kappa shape index (κ2) is 7.34. The van der Waals surface area contributed by atoms with Gasteiger partial charge in [-0.3, -0.25) is 9.83 Å². The third kappa shape index (κ3) is 3.81. The molecule has 1 unspecified atom stereocenters. The molecular formula is C16H15BrFN5O3. The number of carboxylic acid groups (broad SMARTS) is 1. The van der Waals surface area contributed by atoms with Gasteiger partial charge in [-0.1, -0.05) is 22.0 Å². The Morgan fingerprint density at radius 1 is 1.50 bits per heavy atom. The number of anilines is 1. The molecule has 1 aromatic carbocycles. The molecule has 2 heterocycles. The number of nitrogen functional groups attached to an aromatic ring is 1. The Kier molecular flexibility index (Phi) is 5.14. The van der Waals surface area contributed by atoms with Crippen molar-refractivity contribution in [1.82, 2.24) is 15.4 Å². The van der Waals surface area contributed by atoms with Gasteiger partial charge in [0.05, 0.1) is 23.0 Å². The van der Waals surface area contributed by atoms with E-state index in [2.05, 4.69) is 36.4 Å². The number of aliphatic carboxylic acids is 1. The van der Waals surface area contributed by atoms with Gasteiger partial charge in [0.1, 0.15) is 5.82 Å². The van der Waals surface area contributed by atoms with Crippen molar-refractivity contribution in [3.05, 3.63) is 51.0 Å². The number of benzene rings is 1. The number of fused-ring (bicyclic) bond motifs is 1. The number of rotatable bonds is 4. The van der Waals surface area contributed by atoms with Crippen molar-refractivity contribution in [1.29, 1.82) is 0 Å². The van der Waals surface area contributed by atoms with E-state index in [1.54, 1.807) is 13.0 Å². The van der Waals surface area contributed by atoms with Crippen molar-refractivity contribution in [3.63, 3.8) is 0 Å². The van der Waals surface area contributed by atoms with Crippen molar-refractivity contribution in [2.45, 2.75) is 19.4 Å². The van der Waals surface area contributed by atoms with E-state index >= 15 is 0 Å². The van der Waals surface area contributed by atoms with Crippen molar-refractivity contribution in [2.24, 2.45) is 4.99 Å². The molecule has 0 spiro atoms. The molecule has 0 fully saturated rings. The van der Waals surface area contributed by atoms with Crippen LogP contribution in [0.15, 0.2) is 27.7 Å². The molecule has 10 heteroatoms. The Morgan fingerprint density at radius 3 is 2.96 bits per heavy atom. The molecular weight excluding hydrogens is 409 g/mol. The number of amidine groups is 1. The summed E-state index contributed by atoms with van der Waals surface area (Å²) < 4.78 is 14.0. The number of carboxylic acids is 1. The smallest absolute Gasteiger partial charge is 0.332 e. The lowest BCUT2D eigenvalue weighted by Gasteiger charge is -2.25. The molecule has 2 aromatic rings. The predicted octanol–water partition coefficient (Wildman–Crippen LogP) is 1.92. The van der Waals surface area contributed by atoms with Crippen LogP contribution in [0.3, 0.4) is 0 Å². The fraction of sp³-hybridized carbons (Fsp3) is 0.250. The zero-order chi connectivity index (χ0) is 18.8. The number of nitrogens with zero attached hydrogens (tertiary/aromatic N) is 3. The summed E-state index contributed by atoms with van der Waals surface area (Å²) in [6, 6.07) is 3.94.